The molecule has 2 rings (SSSR count). The summed E-state index contributed by atoms with van der Waals surface area (Å²) in [5.74, 6) is -0.0413. The van der Waals surface area contributed by atoms with Crippen molar-refractivity contribution in [3.05, 3.63) is 34.3 Å². The number of benzene rings is 1. The lowest BCUT2D eigenvalue weighted by Crippen LogP contribution is -2.34. The SMILES string of the molecule is CN(C)C(=O)c1ccc(CCCCC2(C)CCNCC2)cc1Cl. The Labute approximate surface area is 145 Å². The second-order valence-corrected chi connectivity index (χ2v) is 7.69. The van der Waals surface area contributed by atoms with Crippen molar-refractivity contribution >= 4 is 17.5 Å². The van der Waals surface area contributed by atoms with Gasteiger partial charge < -0.3 is 10.2 Å². The average Bonchev–Trinajstić information content (AvgIpc) is 2.52. The fourth-order valence-corrected chi connectivity index (χ4v) is 3.57. The predicted octanol–water partition coefficient (Wildman–Crippen LogP) is 4.14. The third kappa shape index (κ3) is 5.22. The summed E-state index contributed by atoms with van der Waals surface area (Å²) in [6.45, 7) is 4.74. The Hall–Kier alpha value is -1.06. The van der Waals surface area contributed by atoms with Crippen LogP contribution in [0.4, 0.5) is 0 Å². The first-order chi connectivity index (χ1) is 10.9. The number of halogens is 1. The maximum absolute atomic E-state index is 12.0. The summed E-state index contributed by atoms with van der Waals surface area (Å²) >= 11 is 6.27. The number of unbranched alkanes of at least 4 members (excludes halogenated alkanes) is 1. The molecule has 23 heavy (non-hydrogen) atoms. The maximum Gasteiger partial charge on any atom is 0.254 e. The van der Waals surface area contributed by atoms with Crippen LogP contribution in [0.25, 0.3) is 0 Å². The van der Waals surface area contributed by atoms with Gasteiger partial charge in [-0.3, -0.25) is 4.79 Å². The van der Waals surface area contributed by atoms with E-state index in [2.05, 4.69) is 12.2 Å². The highest BCUT2D eigenvalue weighted by atomic mass is 35.5. The Bertz CT molecular complexity index is 536. The number of piperidine rings is 1. The molecule has 1 aliphatic heterocycles. The minimum Gasteiger partial charge on any atom is -0.345 e. The van der Waals surface area contributed by atoms with Gasteiger partial charge in [-0.2, -0.15) is 0 Å². The van der Waals surface area contributed by atoms with E-state index in [1.54, 1.807) is 19.0 Å². The van der Waals surface area contributed by atoms with Crippen molar-refractivity contribution in [1.82, 2.24) is 10.2 Å². The quantitative estimate of drug-likeness (QED) is 0.792. The van der Waals surface area contributed by atoms with E-state index < -0.39 is 0 Å². The van der Waals surface area contributed by atoms with Crippen LogP contribution in [0.5, 0.6) is 0 Å². The molecule has 0 unspecified atom stereocenters. The molecule has 1 aliphatic rings. The zero-order valence-electron chi connectivity index (χ0n) is 14.6. The van der Waals surface area contributed by atoms with E-state index in [0.717, 1.165) is 19.5 Å². The Morgan fingerprint density at radius 2 is 1.96 bits per heavy atom. The summed E-state index contributed by atoms with van der Waals surface area (Å²) in [6.07, 6.45) is 7.36. The Morgan fingerprint density at radius 1 is 1.26 bits per heavy atom. The van der Waals surface area contributed by atoms with Gasteiger partial charge >= 0.3 is 0 Å². The first-order valence-corrected chi connectivity index (χ1v) is 9.00. The molecule has 4 heteroatoms. The van der Waals surface area contributed by atoms with Crippen molar-refractivity contribution in [2.24, 2.45) is 5.41 Å². The number of carbonyl (C=O) groups is 1. The summed E-state index contributed by atoms with van der Waals surface area (Å²) in [4.78, 5) is 13.5. The Kier molecular flexibility index (Phi) is 6.49. The van der Waals surface area contributed by atoms with Crippen molar-refractivity contribution in [1.29, 1.82) is 0 Å². The van der Waals surface area contributed by atoms with Crippen LogP contribution in [0, 0.1) is 5.41 Å². The van der Waals surface area contributed by atoms with Gasteiger partial charge in [-0.1, -0.05) is 31.0 Å². The molecule has 3 nitrogen and oxygen atoms in total. The van der Waals surface area contributed by atoms with Crippen LogP contribution in [-0.4, -0.2) is 38.0 Å². The third-order valence-corrected chi connectivity index (χ3v) is 5.29. The second kappa shape index (κ2) is 8.16. The number of amides is 1. The molecule has 1 N–H and O–H groups in total. The van der Waals surface area contributed by atoms with Gasteiger partial charge in [0, 0.05) is 14.1 Å². The van der Waals surface area contributed by atoms with E-state index >= 15 is 0 Å². The van der Waals surface area contributed by atoms with E-state index in [-0.39, 0.29) is 5.91 Å². The van der Waals surface area contributed by atoms with E-state index in [1.807, 2.05) is 18.2 Å². The van der Waals surface area contributed by atoms with Gasteiger partial charge in [0.2, 0.25) is 0 Å². The monoisotopic (exact) mass is 336 g/mol. The molecule has 0 spiro atoms. The van der Waals surface area contributed by atoms with Crippen LogP contribution < -0.4 is 5.32 Å². The highest BCUT2D eigenvalue weighted by Gasteiger charge is 2.25. The molecule has 1 fully saturated rings. The Morgan fingerprint density at radius 3 is 2.57 bits per heavy atom. The highest BCUT2D eigenvalue weighted by molar-refractivity contribution is 6.33. The number of hydrogen-bond acceptors (Lipinski definition) is 2. The van der Waals surface area contributed by atoms with Crippen molar-refractivity contribution in [2.75, 3.05) is 27.2 Å². The number of nitrogens with one attached hydrogen (secondary N) is 1. The topological polar surface area (TPSA) is 32.3 Å². The zero-order valence-corrected chi connectivity index (χ0v) is 15.4. The molecule has 128 valence electrons. The van der Waals surface area contributed by atoms with E-state index in [9.17, 15) is 4.79 Å². The van der Waals surface area contributed by atoms with Crippen LogP contribution in [0.3, 0.4) is 0 Å². The number of carbonyl (C=O) groups excluding carboxylic acids is 1. The molecule has 0 aromatic heterocycles. The standard InChI is InChI=1S/C19H29ClN2O/c1-19(10-12-21-13-11-19)9-5-4-6-15-7-8-16(17(20)14-15)18(23)22(2)3/h7-8,14,21H,4-6,9-13H2,1-3H3. The number of aryl methyl sites for hydroxylation is 1. The minimum atomic E-state index is -0.0413. The van der Waals surface area contributed by atoms with Gasteiger partial charge in [0.25, 0.3) is 5.91 Å². The maximum atomic E-state index is 12.0. The van der Waals surface area contributed by atoms with Crippen molar-refractivity contribution in [3.8, 4) is 0 Å². The molecule has 1 aromatic carbocycles. The lowest BCUT2D eigenvalue weighted by atomic mass is 9.77. The summed E-state index contributed by atoms with van der Waals surface area (Å²) < 4.78 is 0. The average molecular weight is 337 g/mol. The van der Waals surface area contributed by atoms with Crippen molar-refractivity contribution in [3.63, 3.8) is 0 Å². The fraction of sp³-hybridized carbons (Fsp3) is 0.632. The first kappa shape index (κ1) is 18.3. The largest absolute Gasteiger partial charge is 0.345 e. The minimum absolute atomic E-state index is 0.0413. The predicted molar refractivity (Wildman–Crippen MR) is 97.2 cm³/mol. The molecular weight excluding hydrogens is 308 g/mol. The number of nitrogens with zero attached hydrogens (tertiary/aromatic N) is 1. The smallest absolute Gasteiger partial charge is 0.254 e. The van der Waals surface area contributed by atoms with Crippen molar-refractivity contribution < 1.29 is 4.79 Å². The lowest BCUT2D eigenvalue weighted by Gasteiger charge is -2.34. The molecule has 0 atom stereocenters. The molecule has 0 saturated carbocycles. The van der Waals surface area contributed by atoms with E-state index in [0.29, 0.717) is 16.0 Å². The molecule has 0 aliphatic carbocycles. The summed E-state index contributed by atoms with van der Waals surface area (Å²) in [5.41, 5.74) is 2.33. The highest BCUT2D eigenvalue weighted by Crippen LogP contribution is 2.33. The van der Waals surface area contributed by atoms with E-state index in [4.69, 9.17) is 11.6 Å². The summed E-state index contributed by atoms with van der Waals surface area (Å²) in [5, 5.41) is 4.00. The van der Waals surface area contributed by atoms with Crippen LogP contribution in [-0.2, 0) is 6.42 Å². The van der Waals surface area contributed by atoms with Gasteiger partial charge in [-0.05, 0) is 68.3 Å². The molecule has 0 bridgehead atoms. The molecular formula is C19H29ClN2O. The molecule has 1 heterocycles. The fourth-order valence-electron chi connectivity index (χ4n) is 3.29. The van der Waals surface area contributed by atoms with Crippen molar-refractivity contribution in [2.45, 2.75) is 45.4 Å². The Balaban J connectivity index is 1.82. The van der Waals surface area contributed by atoms with Gasteiger partial charge in [-0.15, -0.1) is 0 Å². The summed E-state index contributed by atoms with van der Waals surface area (Å²) in [6, 6.07) is 5.84. The number of rotatable bonds is 6. The zero-order chi connectivity index (χ0) is 16.9. The molecule has 0 radical (unpaired) electrons. The van der Waals surface area contributed by atoms with Crippen LogP contribution in [0.1, 0.15) is 54.9 Å². The molecule has 1 aromatic rings. The van der Waals surface area contributed by atoms with Gasteiger partial charge in [0.15, 0.2) is 0 Å². The normalized spacial score (nSPS) is 17.0. The number of hydrogen-bond donors (Lipinski definition) is 1. The van der Waals surface area contributed by atoms with Gasteiger partial charge in [-0.25, -0.2) is 0 Å². The van der Waals surface area contributed by atoms with Crippen LogP contribution in [0.15, 0.2) is 18.2 Å². The van der Waals surface area contributed by atoms with Gasteiger partial charge in [0.1, 0.15) is 0 Å². The first-order valence-electron chi connectivity index (χ1n) is 8.62. The lowest BCUT2D eigenvalue weighted by molar-refractivity contribution is 0.0828. The third-order valence-electron chi connectivity index (χ3n) is 4.98. The van der Waals surface area contributed by atoms with Crippen LogP contribution in [0.2, 0.25) is 5.02 Å². The van der Waals surface area contributed by atoms with Crippen LogP contribution >= 0.6 is 11.6 Å². The van der Waals surface area contributed by atoms with E-state index in [1.165, 1.54) is 37.7 Å². The molecule has 1 amide bonds. The molecule has 1 saturated heterocycles. The second-order valence-electron chi connectivity index (χ2n) is 7.28. The van der Waals surface area contributed by atoms with Gasteiger partial charge in [0.05, 0.1) is 10.6 Å². The summed E-state index contributed by atoms with van der Waals surface area (Å²) in [7, 11) is 3.49.